The molecule has 10 heteroatoms. The molecule has 2 aliphatic rings. The van der Waals surface area contributed by atoms with Crippen molar-refractivity contribution in [2.24, 2.45) is 5.92 Å². The minimum atomic E-state index is -1.13. The lowest BCUT2D eigenvalue weighted by molar-refractivity contribution is -0.384. The number of nitro groups is 1. The Morgan fingerprint density at radius 3 is 2.41 bits per heavy atom. The van der Waals surface area contributed by atoms with Gasteiger partial charge in [0.05, 0.1) is 29.4 Å². The molecule has 9 nitrogen and oxygen atoms in total. The van der Waals surface area contributed by atoms with E-state index in [1.807, 2.05) is 6.07 Å². The number of imide groups is 1. The van der Waals surface area contributed by atoms with Crippen LogP contribution >= 0.6 is 11.6 Å². The van der Waals surface area contributed by atoms with E-state index in [4.69, 9.17) is 21.2 Å². The van der Waals surface area contributed by atoms with Gasteiger partial charge in [-0.3, -0.25) is 24.5 Å². The first-order valence-electron chi connectivity index (χ1n) is 10.4. The number of halogens is 1. The molecule has 0 saturated carbocycles. The van der Waals surface area contributed by atoms with E-state index in [0.717, 1.165) is 4.90 Å². The van der Waals surface area contributed by atoms with Crippen molar-refractivity contribution in [3.63, 3.8) is 0 Å². The zero-order valence-corrected chi connectivity index (χ0v) is 18.6. The molecule has 0 aliphatic carbocycles. The topological polar surface area (TPSA) is 102 Å². The molecule has 3 aromatic carbocycles. The zero-order valence-electron chi connectivity index (χ0n) is 17.8. The summed E-state index contributed by atoms with van der Waals surface area (Å²) in [5, 5.41) is 13.1. The fourth-order valence-electron chi connectivity index (χ4n) is 4.40. The van der Waals surface area contributed by atoms with Gasteiger partial charge in [-0.25, -0.2) is 9.96 Å². The molecule has 0 spiro atoms. The van der Waals surface area contributed by atoms with E-state index in [9.17, 15) is 19.7 Å². The van der Waals surface area contributed by atoms with Crippen molar-refractivity contribution < 1.29 is 24.1 Å². The number of nitro benzene ring substituents is 1. The number of hydroxylamine groups is 1. The number of para-hydroxylation sites is 1. The number of rotatable bonds is 5. The predicted octanol–water partition coefficient (Wildman–Crippen LogP) is 4.31. The number of benzene rings is 3. The number of carbonyl (C=O) groups excluding carboxylic acids is 2. The van der Waals surface area contributed by atoms with E-state index in [1.165, 1.54) is 30.4 Å². The molecule has 3 atom stereocenters. The molecule has 0 radical (unpaired) electrons. The molecule has 0 N–H and O–H groups in total. The zero-order chi connectivity index (χ0) is 24.0. The lowest BCUT2D eigenvalue weighted by Gasteiger charge is -2.29. The fraction of sp³-hybridized carbons (Fsp3) is 0.167. The van der Waals surface area contributed by atoms with Gasteiger partial charge in [-0.2, -0.15) is 0 Å². The quantitative estimate of drug-likeness (QED) is 0.305. The summed E-state index contributed by atoms with van der Waals surface area (Å²) in [4.78, 5) is 45.1. The number of methoxy groups -OCH3 is 1. The molecule has 172 valence electrons. The summed E-state index contributed by atoms with van der Waals surface area (Å²) in [5.74, 6) is -1.51. The van der Waals surface area contributed by atoms with Gasteiger partial charge >= 0.3 is 0 Å². The highest BCUT2D eigenvalue weighted by molar-refractivity contribution is 6.31. The maximum atomic E-state index is 13.7. The van der Waals surface area contributed by atoms with Crippen molar-refractivity contribution >= 4 is 40.5 Å². The van der Waals surface area contributed by atoms with Crippen molar-refractivity contribution in [1.82, 2.24) is 0 Å². The van der Waals surface area contributed by atoms with Gasteiger partial charge in [0, 0.05) is 28.8 Å². The van der Waals surface area contributed by atoms with Gasteiger partial charge in [0.2, 0.25) is 5.91 Å². The highest BCUT2D eigenvalue weighted by Gasteiger charge is 2.60. The van der Waals surface area contributed by atoms with Crippen molar-refractivity contribution in [3.05, 3.63) is 93.5 Å². The second-order valence-electron chi connectivity index (χ2n) is 7.83. The van der Waals surface area contributed by atoms with Gasteiger partial charge in [0.1, 0.15) is 11.7 Å². The Hall–Kier alpha value is -3.95. The normalized spacial score (nSPS) is 21.6. The molecular weight excluding hydrogens is 462 g/mol. The van der Waals surface area contributed by atoms with Crippen LogP contribution < -0.4 is 14.7 Å². The Balaban J connectivity index is 1.63. The standard InChI is InChI=1S/C24H18ClN3O6/c1-33-17-9-5-8-15(12-17)26-23(29)20-21(18-13-16(28(31)32)10-11-19(18)25)27(34-22(20)24(26)30)14-6-3-2-4-7-14/h2-13,20-22H,1H3/t20-,21+,22+/m1/s1. The highest BCUT2D eigenvalue weighted by atomic mass is 35.5. The Morgan fingerprint density at radius 2 is 1.71 bits per heavy atom. The van der Waals surface area contributed by atoms with Crippen molar-refractivity contribution in [2.45, 2.75) is 12.1 Å². The summed E-state index contributed by atoms with van der Waals surface area (Å²) in [7, 11) is 1.49. The van der Waals surface area contributed by atoms with Crippen LogP contribution in [0.3, 0.4) is 0 Å². The monoisotopic (exact) mass is 479 g/mol. The van der Waals surface area contributed by atoms with E-state index in [2.05, 4.69) is 0 Å². The average molecular weight is 480 g/mol. The van der Waals surface area contributed by atoms with E-state index in [-0.39, 0.29) is 10.7 Å². The van der Waals surface area contributed by atoms with E-state index < -0.39 is 34.8 Å². The van der Waals surface area contributed by atoms with Crippen LogP contribution in [0.2, 0.25) is 5.02 Å². The van der Waals surface area contributed by atoms with Gasteiger partial charge in [0.25, 0.3) is 11.6 Å². The summed E-state index contributed by atoms with van der Waals surface area (Å²) < 4.78 is 5.23. The van der Waals surface area contributed by atoms with Crippen LogP contribution in [-0.2, 0) is 14.4 Å². The summed E-state index contributed by atoms with van der Waals surface area (Å²) in [6.45, 7) is 0. The summed E-state index contributed by atoms with van der Waals surface area (Å²) in [6, 6.07) is 18.6. The largest absolute Gasteiger partial charge is 0.497 e. The van der Waals surface area contributed by atoms with Crippen LogP contribution in [0.5, 0.6) is 5.75 Å². The third-order valence-electron chi connectivity index (χ3n) is 5.95. The van der Waals surface area contributed by atoms with Crippen molar-refractivity contribution in [3.8, 4) is 5.75 Å². The number of hydrogen-bond donors (Lipinski definition) is 0. The summed E-state index contributed by atoms with van der Waals surface area (Å²) >= 11 is 6.47. The first kappa shape index (κ1) is 21.9. The molecule has 2 saturated heterocycles. The number of carbonyl (C=O) groups is 2. The van der Waals surface area contributed by atoms with Crippen LogP contribution in [0.25, 0.3) is 0 Å². The SMILES string of the molecule is COc1cccc(N2C(=O)[C@H]3[C@H](ON(c4ccccc4)[C@H]3c3cc([N+](=O)[O-])ccc3Cl)C2=O)c1. The van der Waals surface area contributed by atoms with E-state index >= 15 is 0 Å². The molecule has 0 unspecified atom stereocenters. The van der Waals surface area contributed by atoms with Gasteiger partial charge < -0.3 is 4.74 Å². The van der Waals surface area contributed by atoms with Crippen molar-refractivity contribution in [1.29, 1.82) is 0 Å². The number of non-ortho nitro benzene ring substituents is 1. The van der Waals surface area contributed by atoms with E-state index in [0.29, 0.717) is 22.7 Å². The third kappa shape index (κ3) is 3.46. The maximum absolute atomic E-state index is 13.7. The first-order valence-corrected chi connectivity index (χ1v) is 10.8. The second-order valence-corrected chi connectivity index (χ2v) is 8.24. The smallest absolute Gasteiger partial charge is 0.269 e. The number of fused-ring (bicyclic) bond motifs is 1. The minimum Gasteiger partial charge on any atom is -0.497 e. The second kappa shape index (κ2) is 8.44. The van der Waals surface area contributed by atoms with Gasteiger partial charge in [-0.05, 0) is 30.3 Å². The lowest BCUT2D eigenvalue weighted by atomic mass is 9.90. The molecule has 34 heavy (non-hydrogen) atoms. The number of nitrogens with zero attached hydrogens (tertiary/aromatic N) is 3. The molecule has 2 fully saturated rings. The fourth-order valence-corrected chi connectivity index (χ4v) is 4.63. The molecule has 0 bridgehead atoms. The Kier molecular flexibility index (Phi) is 5.43. The molecule has 2 aliphatic heterocycles. The van der Waals surface area contributed by atoms with Crippen LogP contribution in [0, 0.1) is 16.0 Å². The third-order valence-corrected chi connectivity index (χ3v) is 6.29. The highest BCUT2D eigenvalue weighted by Crippen LogP contribution is 2.49. The number of ether oxygens (including phenoxy) is 1. The number of amides is 2. The average Bonchev–Trinajstić information content (AvgIpc) is 3.35. The van der Waals surface area contributed by atoms with Gasteiger partial charge in [0.15, 0.2) is 6.10 Å². The van der Waals surface area contributed by atoms with E-state index in [1.54, 1.807) is 48.5 Å². The Morgan fingerprint density at radius 1 is 0.971 bits per heavy atom. The number of anilines is 2. The lowest BCUT2D eigenvalue weighted by Crippen LogP contribution is -2.37. The molecule has 2 amide bonds. The van der Waals surface area contributed by atoms with Crippen LogP contribution in [0.4, 0.5) is 17.1 Å². The minimum absolute atomic E-state index is 0.183. The van der Waals surface area contributed by atoms with Crippen molar-refractivity contribution in [2.75, 3.05) is 17.1 Å². The molecule has 3 aromatic rings. The van der Waals surface area contributed by atoms with Crippen LogP contribution in [0.1, 0.15) is 11.6 Å². The summed E-state index contributed by atoms with van der Waals surface area (Å²) in [6.07, 6.45) is -1.13. The Labute approximate surface area is 199 Å². The predicted molar refractivity (Wildman–Crippen MR) is 124 cm³/mol. The molecule has 5 rings (SSSR count). The van der Waals surface area contributed by atoms with Crippen LogP contribution in [0.15, 0.2) is 72.8 Å². The van der Waals surface area contributed by atoms with Gasteiger partial charge in [-0.1, -0.05) is 35.9 Å². The first-order chi connectivity index (χ1) is 16.4. The molecular formula is C24H18ClN3O6. The van der Waals surface area contributed by atoms with Crippen LogP contribution in [-0.4, -0.2) is 30.0 Å². The molecule has 2 heterocycles. The summed E-state index contributed by atoms with van der Waals surface area (Å²) in [5.41, 5.74) is 1.07. The molecule has 0 aromatic heterocycles. The number of hydrogen-bond acceptors (Lipinski definition) is 7. The maximum Gasteiger partial charge on any atom is 0.269 e. The Bertz CT molecular complexity index is 1300. The van der Waals surface area contributed by atoms with Gasteiger partial charge in [-0.15, -0.1) is 0 Å².